The SMILES string of the molecule is CC(C)(Oc1ccc(CCNC(=O)c2ccc(Cl)cc2)cc1)C(C)(C)Oc1ccc(CCNC(=O)c2ccc(Cl)cc2)cc1. The average molecular weight is 634 g/mol. The van der Waals surface area contributed by atoms with Crippen LogP contribution in [0.4, 0.5) is 0 Å². The third-order valence-corrected chi connectivity index (χ3v) is 8.16. The molecular weight excluding hydrogens is 595 g/mol. The van der Waals surface area contributed by atoms with Crippen LogP contribution in [0.25, 0.3) is 0 Å². The summed E-state index contributed by atoms with van der Waals surface area (Å²) in [4.78, 5) is 24.6. The lowest BCUT2D eigenvalue weighted by Gasteiger charge is -2.41. The first kappa shape index (κ1) is 32.9. The molecule has 0 radical (unpaired) electrons. The van der Waals surface area contributed by atoms with Crippen molar-refractivity contribution in [2.75, 3.05) is 13.1 Å². The van der Waals surface area contributed by atoms with Crippen LogP contribution in [0.5, 0.6) is 11.5 Å². The maximum Gasteiger partial charge on any atom is 0.251 e. The fourth-order valence-electron chi connectivity index (χ4n) is 4.33. The predicted octanol–water partition coefficient (Wildman–Crippen LogP) is 7.95. The lowest BCUT2D eigenvalue weighted by atomic mass is 9.88. The molecule has 0 aliphatic rings. The fourth-order valence-corrected chi connectivity index (χ4v) is 4.58. The van der Waals surface area contributed by atoms with Gasteiger partial charge in [-0.25, -0.2) is 0 Å². The minimum Gasteiger partial charge on any atom is -0.484 e. The normalized spacial score (nSPS) is 11.5. The summed E-state index contributed by atoms with van der Waals surface area (Å²) in [5.41, 5.74) is 2.02. The molecule has 0 heterocycles. The summed E-state index contributed by atoms with van der Waals surface area (Å²) in [5, 5.41) is 7.08. The summed E-state index contributed by atoms with van der Waals surface area (Å²) in [6, 6.07) is 29.4. The van der Waals surface area contributed by atoms with Crippen LogP contribution < -0.4 is 20.1 Å². The summed E-state index contributed by atoms with van der Waals surface area (Å²) < 4.78 is 12.8. The Bertz CT molecular complexity index is 1410. The van der Waals surface area contributed by atoms with Gasteiger partial charge in [-0.2, -0.15) is 0 Å². The Labute approximate surface area is 269 Å². The third kappa shape index (κ3) is 9.25. The first-order chi connectivity index (χ1) is 20.9. The number of hydrogen-bond donors (Lipinski definition) is 2. The molecule has 2 amide bonds. The zero-order chi connectivity index (χ0) is 31.7. The van der Waals surface area contributed by atoms with Gasteiger partial charge in [0.25, 0.3) is 11.8 Å². The van der Waals surface area contributed by atoms with Crippen LogP contribution in [0.1, 0.15) is 59.5 Å². The molecule has 0 saturated heterocycles. The molecule has 0 aromatic heterocycles. The van der Waals surface area contributed by atoms with Gasteiger partial charge in [0.05, 0.1) is 0 Å². The van der Waals surface area contributed by atoms with E-state index in [1.807, 2.05) is 76.2 Å². The van der Waals surface area contributed by atoms with Gasteiger partial charge >= 0.3 is 0 Å². The van der Waals surface area contributed by atoms with E-state index in [1.54, 1.807) is 48.5 Å². The number of halogens is 2. The summed E-state index contributed by atoms with van der Waals surface area (Å²) in [6.07, 6.45) is 1.39. The zero-order valence-corrected chi connectivity index (χ0v) is 27.0. The highest BCUT2D eigenvalue weighted by atomic mass is 35.5. The Hall–Kier alpha value is -4.00. The molecular formula is C36H38Cl2N2O4. The van der Waals surface area contributed by atoms with Crippen LogP contribution in [-0.4, -0.2) is 36.1 Å². The molecule has 0 atom stereocenters. The topological polar surface area (TPSA) is 76.7 Å². The molecule has 0 spiro atoms. The molecule has 0 fully saturated rings. The molecule has 8 heteroatoms. The quantitative estimate of drug-likeness (QED) is 0.157. The fraction of sp³-hybridized carbons (Fsp3) is 0.278. The average Bonchev–Trinajstić information content (AvgIpc) is 2.99. The van der Waals surface area contributed by atoms with Gasteiger partial charge in [0.1, 0.15) is 22.7 Å². The maximum atomic E-state index is 12.3. The summed E-state index contributed by atoms with van der Waals surface area (Å²) in [6.45, 7) is 9.06. The number of benzene rings is 4. The third-order valence-electron chi connectivity index (χ3n) is 7.65. The lowest BCUT2D eigenvalue weighted by Crippen LogP contribution is -2.53. The minimum absolute atomic E-state index is 0.126. The van der Waals surface area contributed by atoms with Gasteiger partial charge < -0.3 is 20.1 Å². The summed E-state index contributed by atoms with van der Waals surface area (Å²) in [7, 11) is 0. The second-order valence-electron chi connectivity index (χ2n) is 11.5. The van der Waals surface area contributed by atoms with Gasteiger partial charge in [0.15, 0.2) is 0 Å². The molecule has 44 heavy (non-hydrogen) atoms. The molecule has 6 nitrogen and oxygen atoms in total. The van der Waals surface area contributed by atoms with E-state index < -0.39 is 11.2 Å². The van der Waals surface area contributed by atoms with Crippen LogP contribution >= 0.6 is 23.2 Å². The van der Waals surface area contributed by atoms with E-state index in [9.17, 15) is 9.59 Å². The highest BCUT2D eigenvalue weighted by Gasteiger charge is 2.41. The second kappa shape index (κ2) is 14.7. The van der Waals surface area contributed by atoms with Crippen LogP contribution in [0, 0.1) is 0 Å². The van der Waals surface area contributed by atoms with Gasteiger partial charge in [0, 0.05) is 34.3 Å². The first-order valence-electron chi connectivity index (χ1n) is 14.6. The highest BCUT2D eigenvalue weighted by molar-refractivity contribution is 6.31. The Morgan fingerprint density at radius 2 is 0.864 bits per heavy atom. The lowest BCUT2D eigenvalue weighted by molar-refractivity contribution is -0.0732. The highest BCUT2D eigenvalue weighted by Crippen LogP contribution is 2.33. The van der Waals surface area contributed by atoms with E-state index in [0.29, 0.717) is 47.1 Å². The van der Waals surface area contributed by atoms with Gasteiger partial charge in [-0.05, 0) is 124 Å². The van der Waals surface area contributed by atoms with E-state index in [2.05, 4.69) is 10.6 Å². The van der Waals surface area contributed by atoms with Crippen molar-refractivity contribution in [2.45, 2.75) is 51.7 Å². The van der Waals surface area contributed by atoms with Crippen molar-refractivity contribution in [3.8, 4) is 11.5 Å². The minimum atomic E-state index is -0.661. The predicted molar refractivity (Wildman–Crippen MR) is 177 cm³/mol. The van der Waals surface area contributed by atoms with Crippen molar-refractivity contribution >= 4 is 35.0 Å². The van der Waals surface area contributed by atoms with E-state index in [4.69, 9.17) is 32.7 Å². The van der Waals surface area contributed by atoms with Crippen LogP contribution in [0.2, 0.25) is 10.0 Å². The van der Waals surface area contributed by atoms with Crippen molar-refractivity contribution in [3.63, 3.8) is 0 Å². The van der Waals surface area contributed by atoms with Crippen molar-refractivity contribution < 1.29 is 19.1 Å². The number of amides is 2. The molecule has 0 bridgehead atoms. The number of carbonyl (C=O) groups excluding carboxylic acids is 2. The molecule has 4 aromatic carbocycles. The largest absolute Gasteiger partial charge is 0.484 e. The smallest absolute Gasteiger partial charge is 0.251 e. The molecule has 0 saturated carbocycles. The Morgan fingerprint density at radius 1 is 0.545 bits per heavy atom. The second-order valence-corrected chi connectivity index (χ2v) is 12.4. The van der Waals surface area contributed by atoms with Crippen LogP contribution in [0.15, 0.2) is 97.1 Å². The van der Waals surface area contributed by atoms with Gasteiger partial charge in [-0.3, -0.25) is 9.59 Å². The van der Waals surface area contributed by atoms with Crippen molar-refractivity contribution in [3.05, 3.63) is 129 Å². The van der Waals surface area contributed by atoms with E-state index in [0.717, 1.165) is 22.6 Å². The number of nitrogens with one attached hydrogen (secondary N) is 2. The Balaban J connectivity index is 1.23. The molecule has 4 aromatic rings. The summed E-state index contributed by atoms with van der Waals surface area (Å²) in [5.74, 6) is 1.21. The van der Waals surface area contributed by atoms with Gasteiger partial charge in [0.2, 0.25) is 0 Å². The number of rotatable bonds is 13. The number of ether oxygens (including phenoxy) is 2. The van der Waals surface area contributed by atoms with Crippen molar-refractivity contribution in [1.82, 2.24) is 10.6 Å². The zero-order valence-electron chi connectivity index (χ0n) is 25.5. The monoisotopic (exact) mass is 632 g/mol. The van der Waals surface area contributed by atoms with Crippen molar-refractivity contribution in [1.29, 1.82) is 0 Å². The number of hydrogen-bond acceptors (Lipinski definition) is 4. The van der Waals surface area contributed by atoms with Gasteiger partial charge in [-0.1, -0.05) is 47.5 Å². The van der Waals surface area contributed by atoms with Crippen LogP contribution in [-0.2, 0) is 12.8 Å². The molecule has 2 N–H and O–H groups in total. The van der Waals surface area contributed by atoms with E-state index in [-0.39, 0.29) is 11.8 Å². The van der Waals surface area contributed by atoms with E-state index >= 15 is 0 Å². The standard InChI is InChI=1S/C36H38Cl2N2O4/c1-35(2,43-31-17-5-25(6-18-31)21-23-39-33(41)27-9-13-29(37)14-10-27)36(3,4)44-32-19-7-26(8-20-32)22-24-40-34(42)28-11-15-30(38)16-12-28/h5-20H,21-24H2,1-4H3,(H,39,41)(H,40,42). The Morgan fingerprint density at radius 3 is 1.18 bits per heavy atom. The number of carbonyl (C=O) groups is 2. The molecule has 0 aliphatic carbocycles. The van der Waals surface area contributed by atoms with Crippen molar-refractivity contribution in [2.24, 2.45) is 0 Å². The summed E-state index contributed by atoms with van der Waals surface area (Å²) >= 11 is 11.8. The van der Waals surface area contributed by atoms with Crippen LogP contribution in [0.3, 0.4) is 0 Å². The maximum absolute atomic E-state index is 12.3. The van der Waals surface area contributed by atoms with E-state index in [1.165, 1.54) is 0 Å². The molecule has 0 aliphatic heterocycles. The molecule has 0 unspecified atom stereocenters. The molecule has 4 rings (SSSR count). The Kier molecular flexibility index (Phi) is 11.0. The van der Waals surface area contributed by atoms with Gasteiger partial charge in [-0.15, -0.1) is 0 Å². The first-order valence-corrected chi connectivity index (χ1v) is 15.3. The molecule has 230 valence electrons.